The van der Waals surface area contributed by atoms with Crippen molar-refractivity contribution in [2.45, 2.75) is 0 Å². The van der Waals surface area contributed by atoms with E-state index in [1.165, 1.54) is 0 Å². The van der Waals surface area contributed by atoms with Crippen LogP contribution in [0.3, 0.4) is 0 Å². The number of hydrogen-bond donors (Lipinski definition) is 0. The lowest BCUT2D eigenvalue weighted by Crippen LogP contribution is -2.09. The van der Waals surface area contributed by atoms with Gasteiger partial charge in [-0.1, -0.05) is 11.6 Å². The Kier molecular flexibility index (Phi) is 6.16. The van der Waals surface area contributed by atoms with Crippen LogP contribution >= 0.6 is 11.6 Å². The molecule has 0 saturated heterocycles. The minimum Gasteiger partial charge on any atom is -0.491 e. The summed E-state index contributed by atoms with van der Waals surface area (Å²) in [6.07, 6.45) is 0. The first-order valence-corrected chi connectivity index (χ1v) is 5.16. The maximum atomic E-state index is 5.74. The van der Waals surface area contributed by atoms with E-state index >= 15 is 0 Å². The number of methoxy groups -OCH3 is 1. The van der Waals surface area contributed by atoms with Crippen LogP contribution in [0.1, 0.15) is 0 Å². The van der Waals surface area contributed by atoms with Gasteiger partial charge in [0, 0.05) is 12.1 Å². The van der Waals surface area contributed by atoms with Gasteiger partial charge >= 0.3 is 0 Å². The minimum absolute atomic E-state index is 0.533. The summed E-state index contributed by atoms with van der Waals surface area (Å²) in [4.78, 5) is 0. The molecular formula is C11H15ClO3. The quantitative estimate of drug-likeness (QED) is 0.674. The molecule has 0 radical (unpaired) electrons. The monoisotopic (exact) mass is 230 g/mol. The van der Waals surface area contributed by atoms with Crippen LogP contribution in [-0.4, -0.2) is 33.5 Å². The molecule has 84 valence electrons. The molecule has 0 atom stereocenters. The standard InChI is InChI=1S/C11H15ClO3/c1-13-6-7-14-8-9-15-11-4-2-10(12)3-5-11/h2-5H,6-9H2,1H3. The minimum atomic E-state index is 0.533. The molecule has 0 heterocycles. The fourth-order valence-corrected chi connectivity index (χ4v) is 1.12. The van der Waals surface area contributed by atoms with Crippen LogP contribution in [-0.2, 0) is 9.47 Å². The largest absolute Gasteiger partial charge is 0.491 e. The zero-order chi connectivity index (χ0) is 10.9. The SMILES string of the molecule is COCCOCCOc1ccc(Cl)cc1. The maximum Gasteiger partial charge on any atom is 0.119 e. The van der Waals surface area contributed by atoms with Gasteiger partial charge in [-0.3, -0.25) is 0 Å². The van der Waals surface area contributed by atoms with Gasteiger partial charge in [0.15, 0.2) is 0 Å². The van der Waals surface area contributed by atoms with Gasteiger partial charge in [-0.25, -0.2) is 0 Å². The molecule has 0 unspecified atom stereocenters. The number of ether oxygens (including phenoxy) is 3. The van der Waals surface area contributed by atoms with Crippen molar-refractivity contribution < 1.29 is 14.2 Å². The summed E-state index contributed by atoms with van der Waals surface area (Å²) in [5, 5.41) is 0.707. The lowest BCUT2D eigenvalue weighted by atomic mass is 10.3. The molecular weight excluding hydrogens is 216 g/mol. The molecule has 1 aromatic carbocycles. The van der Waals surface area contributed by atoms with Crippen molar-refractivity contribution in [3.63, 3.8) is 0 Å². The summed E-state index contributed by atoms with van der Waals surface area (Å²) in [6, 6.07) is 7.25. The van der Waals surface area contributed by atoms with Crippen LogP contribution in [0.25, 0.3) is 0 Å². The highest BCUT2D eigenvalue weighted by Gasteiger charge is 1.93. The van der Waals surface area contributed by atoms with Crippen molar-refractivity contribution in [2.24, 2.45) is 0 Å². The highest BCUT2D eigenvalue weighted by molar-refractivity contribution is 6.30. The topological polar surface area (TPSA) is 27.7 Å². The molecule has 0 spiro atoms. The molecule has 0 saturated carbocycles. The fourth-order valence-electron chi connectivity index (χ4n) is 0.994. The van der Waals surface area contributed by atoms with E-state index in [1.54, 1.807) is 19.2 Å². The molecule has 0 aromatic heterocycles. The molecule has 15 heavy (non-hydrogen) atoms. The van der Waals surface area contributed by atoms with Gasteiger partial charge in [-0.05, 0) is 24.3 Å². The summed E-state index contributed by atoms with van der Waals surface area (Å²) < 4.78 is 15.5. The van der Waals surface area contributed by atoms with Gasteiger partial charge < -0.3 is 14.2 Å². The first-order chi connectivity index (χ1) is 7.33. The summed E-state index contributed by atoms with van der Waals surface area (Å²) >= 11 is 5.74. The van der Waals surface area contributed by atoms with E-state index in [2.05, 4.69) is 0 Å². The summed E-state index contributed by atoms with van der Waals surface area (Å²) in [5.74, 6) is 0.801. The predicted octanol–water partition coefficient (Wildman–Crippen LogP) is 2.38. The molecule has 1 rings (SSSR count). The van der Waals surface area contributed by atoms with Gasteiger partial charge in [0.2, 0.25) is 0 Å². The van der Waals surface area contributed by atoms with E-state index in [0.717, 1.165) is 5.75 Å². The van der Waals surface area contributed by atoms with Crippen molar-refractivity contribution in [1.82, 2.24) is 0 Å². The van der Waals surface area contributed by atoms with Crippen molar-refractivity contribution in [3.8, 4) is 5.75 Å². The van der Waals surface area contributed by atoms with Gasteiger partial charge in [0.25, 0.3) is 0 Å². The zero-order valence-corrected chi connectivity index (χ0v) is 9.50. The van der Waals surface area contributed by atoms with Crippen molar-refractivity contribution in [1.29, 1.82) is 0 Å². The molecule has 0 aliphatic rings. The lowest BCUT2D eigenvalue weighted by Gasteiger charge is -2.06. The van der Waals surface area contributed by atoms with E-state index in [1.807, 2.05) is 12.1 Å². The number of benzene rings is 1. The van der Waals surface area contributed by atoms with Crippen LogP contribution < -0.4 is 4.74 Å². The molecule has 0 fully saturated rings. The number of hydrogen-bond acceptors (Lipinski definition) is 3. The Morgan fingerprint density at radius 1 is 1.00 bits per heavy atom. The van der Waals surface area contributed by atoms with E-state index < -0.39 is 0 Å². The normalized spacial score (nSPS) is 10.3. The average molecular weight is 231 g/mol. The third-order valence-corrected chi connectivity index (χ3v) is 1.99. The first kappa shape index (κ1) is 12.3. The molecule has 3 nitrogen and oxygen atoms in total. The molecule has 4 heteroatoms. The predicted molar refractivity (Wildman–Crippen MR) is 59.6 cm³/mol. The highest BCUT2D eigenvalue weighted by Crippen LogP contribution is 2.15. The average Bonchev–Trinajstić information content (AvgIpc) is 2.26. The van der Waals surface area contributed by atoms with E-state index in [0.29, 0.717) is 31.5 Å². The summed E-state index contributed by atoms with van der Waals surface area (Å²) in [7, 11) is 1.65. The molecule has 0 aliphatic carbocycles. The number of rotatable bonds is 7. The van der Waals surface area contributed by atoms with Crippen molar-refractivity contribution in [2.75, 3.05) is 33.5 Å². The van der Waals surface area contributed by atoms with Crippen LogP contribution in [0, 0.1) is 0 Å². The second-order valence-corrected chi connectivity index (χ2v) is 3.34. The van der Waals surface area contributed by atoms with Crippen LogP contribution in [0.5, 0.6) is 5.75 Å². The summed E-state index contributed by atoms with van der Waals surface area (Å²) in [5.41, 5.74) is 0. The van der Waals surface area contributed by atoms with E-state index in [9.17, 15) is 0 Å². The third kappa shape index (κ3) is 5.62. The Hall–Kier alpha value is -0.770. The van der Waals surface area contributed by atoms with E-state index in [-0.39, 0.29) is 0 Å². The second-order valence-electron chi connectivity index (χ2n) is 2.91. The van der Waals surface area contributed by atoms with Crippen LogP contribution in [0.15, 0.2) is 24.3 Å². The first-order valence-electron chi connectivity index (χ1n) is 4.78. The second kappa shape index (κ2) is 7.51. The molecule has 1 aromatic rings. The molecule has 0 amide bonds. The smallest absolute Gasteiger partial charge is 0.119 e. The Labute approximate surface area is 94.9 Å². The van der Waals surface area contributed by atoms with Gasteiger partial charge in [0.05, 0.1) is 19.8 Å². The van der Waals surface area contributed by atoms with Crippen LogP contribution in [0.2, 0.25) is 5.02 Å². The summed E-state index contributed by atoms with van der Waals surface area (Å²) in [6.45, 7) is 2.30. The Morgan fingerprint density at radius 2 is 1.67 bits per heavy atom. The highest BCUT2D eigenvalue weighted by atomic mass is 35.5. The van der Waals surface area contributed by atoms with Gasteiger partial charge in [-0.2, -0.15) is 0 Å². The zero-order valence-electron chi connectivity index (χ0n) is 8.74. The maximum absolute atomic E-state index is 5.74. The molecule has 0 bridgehead atoms. The Bertz CT molecular complexity index is 261. The van der Waals surface area contributed by atoms with Gasteiger partial charge in [-0.15, -0.1) is 0 Å². The number of halogens is 1. The Balaban J connectivity index is 2.07. The Morgan fingerprint density at radius 3 is 2.33 bits per heavy atom. The van der Waals surface area contributed by atoms with E-state index in [4.69, 9.17) is 25.8 Å². The van der Waals surface area contributed by atoms with Gasteiger partial charge in [0.1, 0.15) is 12.4 Å². The lowest BCUT2D eigenvalue weighted by molar-refractivity contribution is 0.0544. The molecule has 0 aliphatic heterocycles. The van der Waals surface area contributed by atoms with Crippen molar-refractivity contribution >= 4 is 11.6 Å². The molecule has 0 N–H and O–H groups in total. The third-order valence-electron chi connectivity index (χ3n) is 1.74. The van der Waals surface area contributed by atoms with Crippen LogP contribution in [0.4, 0.5) is 0 Å². The van der Waals surface area contributed by atoms with Crippen molar-refractivity contribution in [3.05, 3.63) is 29.3 Å². The fraction of sp³-hybridized carbons (Fsp3) is 0.455.